The number of hydrogen-bond donors (Lipinski definition) is 1. The molecule has 2 aliphatic heterocycles. The molecule has 148 valence electrons. The van der Waals surface area contributed by atoms with Crippen LogP contribution >= 0.6 is 0 Å². The summed E-state index contributed by atoms with van der Waals surface area (Å²) in [5.74, 6) is 0.764. The number of nitrogens with one attached hydrogen (secondary N) is 1. The van der Waals surface area contributed by atoms with E-state index in [9.17, 15) is 18.0 Å². The number of nitrogens with zero attached hydrogens (tertiary/aromatic N) is 2. The Balaban J connectivity index is 1.58. The molecule has 2 atom stereocenters. The van der Waals surface area contributed by atoms with Gasteiger partial charge in [-0.2, -0.15) is 0 Å². The molecule has 0 spiro atoms. The topological polar surface area (TPSA) is 86.8 Å². The van der Waals surface area contributed by atoms with Crippen molar-refractivity contribution in [3.05, 3.63) is 24.3 Å². The zero-order chi connectivity index (χ0) is 19.6. The van der Waals surface area contributed by atoms with Crippen molar-refractivity contribution in [2.75, 3.05) is 31.1 Å². The van der Waals surface area contributed by atoms with Crippen molar-refractivity contribution in [1.29, 1.82) is 0 Å². The van der Waals surface area contributed by atoms with Gasteiger partial charge in [-0.05, 0) is 42.5 Å². The van der Waals surface area contributed by atoms with Gasteiger partial charge in [-0.1, -0.05) is 13.8 Å². The van der Waals surface area contributed by atoms with Crippen LogP contribution in [0.4, 0.5) is 5.69 Å². The first kappa shape index (κ1) is 20.0. The fourth-order valence-electron chi connectivity index (χ4n) is 4.03. The summed E-state index contributed by atoms with van der Waals surface area (Å²) in [4.78, 5) is 27.1. The summed E-state index contributed by atoms with van der Waals surface area (Å²) in [5, 5.41) is 0. The fourth-order valence-corrected chi connectivity index (χ4v) is 5.06. The smallest absolute Gasteiger partial charge is 0.240 e. The van der Waals surface area contributed by atoms with Crippen molar-refractivity contribution < 1.29 is 18.0 Å². The van der Waals surface area contributed by atoms with Gasteiger partial charge in [0.1, 0.15) is 0 Å². The first-order valence-corrected chi connectivity index (χ1v) is 10.9. The van der Waals surface area contributed by atoms with Crippen LogP contribution in [0.3, 0.4) is 0 Å². The molecule has 0 unspecified atom stereocenters. The van der Waals surface area contributed by atoms with E-state index < -0.39 is 10.0 Å². The Kier molecular flexibility index (Phi) is 5.98. The quantitative estimate of drug-likeness (QED) is 0.742. The van der Waals surface area contributed by atoms with Gasteiger partial charge in [-0.3, -0.25) is 14.5 Å². The van der Waals surface area contributed by atoms with Crippen molar-refractivity contribution in [3.63, 3.8) is 0 Å². The summed E-state index contributed by atoms with van der Waals surface area (Å²) >= 11 is 0. The predicted molar refractivity (Wildman–Crippen MR) is 103 cm³/mol. The summed E-state index contributed by atoms with van der Waals surface area (Å²) in [7, 11) is -3.62. The first-order valence-electron chi connectivity index (χ1n) is 9.44. The Morgan fingerprint density at radius 2 is 1.56 bits per heavy atom. The summed E-state index contributed by atoms with van der Waals surface area (Å²) in [6.45, 7) is 7.49. The van der Waals surface area contributed by atoms with Gasteiger partial charge in [0.2, 0.25) is 21.8 Å². The maximum absolute atomic E-state index is 12.5. The molecular weight excluding hydrogens is 366 g/mol. The molecule has 8 heteroatoms. The maximum atomic E-state index is 12.5. The van der Waals surface area contributed by atoms with Crippen LogP contribution in [0.5, 0.6) is 0 Å². The molecule has 0 aliphatic carbocycles. The molecule has 2 saturated heterocycles. The van der Waals surface area contributed by atoms with Crippen molar-refractivity contribution in [2.24, 2.45) is 11.8 Å². The van der Waals surface area contributed by atoms with Crippen LogP contribution in [0.25, 0.3) is 0 Å². The molecule has 3 rings (SSSR count). The minimum Gasteiger partial charge on any atom is -0.302 e. The van der Waals surface area contributed by atoms with Crippen LogP contribution in [-0.2, 0) is 19.6 Å². The number of likely N-dealkylation sites (tertiary alicyclic amines) is 1. The van der Waals surface area contributed by atoms with Crippen LogP contribution in [-0.4, -0.2) is 51.3 Å². The van der Waals surface area contributed by atoms with Gasteiger partial charge >= 0.3 is 0 Å². The molecule has 0 bridgehead atoms. The Hall–Kier alpha value is -1.77. The summed E-state index contributed by atoms with van der Waals surface area (Å²) in [6.07, 6.45) is 1.62. The molecule has 1 aromatic carbocycles. The van der Waals surface area contributed by atoms with Gasteiger partial charge in [0, 0.05) is 39.0 Å². The van der Waals surface area contributed by atoms with Gasteiger partial charge < -0.3 is 4.90 Å². The number of rotatable bonds is 6. The minimum atomic E-state index is -3.62. The Morgan fingerprint density at radius 3 is 2.11 bits per heavy atom. The predicted octanol–water partition coefficient (Wildman–Crippen LogP) is 1.60. The van der Waals surface area contributed by atoms with E-state index in [1.165, 1.54) is 30.7 Å². The van der Waals surface area contributed by atoms with Crippen LogP contribution in [0.2, 0.25) is 0 Å². The zero-order valence-electron chi connectivity index (χ0n) is 15.8. The third kappa shape index (κ3) is 4.75. The van der Waals surface area contributed by atoms with Gasteiger partial charge in [-0.25, -0.2) is 13.1 Å². The van der Waals surface area contributed by atoms with E-state index in [0.717, 1.165) is 18.0 Å². The normalized spacial score (nSPS) is 24.6. The number of amides is 2. The SMILES string of the molecule is C[C@@H]1C[C@@H](C)CN(CCNS(=O)(=O)c2ccc(N3C(=O)CCC3=O)cc2)C1. The largest absolute Gasteiger partial charge is 0.302 e. The summed E-state index contributed by atoms with van der Waals surface area (Å²) in [6, 6.07) is 5.87. The number of carbonyl (C=O) groups excluding carboxylic acids is 2. The number of sulfonamides is 1. The molecule has 0 aromatic heterocycles. The van der Waals surface area contributed by atoms with E-state index in [1.54, 1.807) is 0 Å². The highest BCUT2D eigenvalue weighted by Crippen LogP contribution is 2.24. The number of carbonyl (C=O) groups is 2. The third-order valence-electron chi connectivity index (χ3n) is 5.12. The molecule has 2 aliphatic rings. The molecule has 27 heavy (non-hydrogen) atoms. The lowest BCUT2D eigenvalue weighted by Crippen LogP contribution is -2.42. The van der Waals surface area contributed by atoms with E-state index in [1.807, 2.05) is 0 Å². The maximum Gasteiger partial charge on any atom is 0.240 e. The van der Waals surface area contributed by atoms with Crippen LogP contribution in [0, 0.1) is 11.8 Å². The Labute approximate surface area is 160 Å². The second-order valence-electron chi connectivity index (χ2n) is 7.72. The van der Waals surface area contributed by atoms with Gasteiger partial charge in [0.15, 0.2) is 0 Å². The van der Waals surface area contributed by atoms with E-state index in [0.29, 0.717) is 30.6 Å². The molecule has 1 aromatic rings. The fraction of sp³-hybridized carbons (Fsp3) is 0.579. The van der Waals surface area contributed by atoms with Crippen LogP contribution in [0.1, 0.15) is 33.1 Å². The van der Waals surface area contributed by atoms with Crippen molar-refractivity contribution >= 4 is 27.5 Å². The third-order valence-corrected chi connectivity index (χ3v) is 6.60. The van der Waals surface area contributed by atoms with E-state index >= 15 is 0 Å². The highest BCUT2D eigenvalue weighted by atomic mass is 32.2. The molecule has 0 saturated carbocycles. The molecule has 2 amide bonds. The van der Waals surface area contributed by atoms with E-state index in [2.05, 4.69) is 23.5 Å². The highest BCUT2D eigenvalue weighted by molar-refractivity contribution is 7.89. The minimum absolute atomic E-state index is 0.130. The first-order chi connectivity index (χ1) is 12.8. The molecule has 2 heterocycles. The van der Waals surface area contributed by atoms with E-state index in [4.69, 9.17) is 0 Å². The lowest BCUT2D eigenvalue weighted by Gasteiger charge is -2.34. The molecule has 0 radical (unpaired) electrons. The lowest BCUT2D eigenvalue weighted by atomic mass is 9.92. The summed E-state index contributed by atoms with van der Waals surface area (Å²) in [5.41, 5.74) is 0.415. The zero-order valence-corrected chi connectivity index (χ0v) is 16.7. The lowest BCUT2D eigenvalue weighted by molar-refractivity contribution is -0.121. The molecule has 7 nitrogen and oxygen atoms in total. The number of benzene rings is 1. The van der Waals surface area contributed by atoms with Crippen molar-refractivity contribution in [1.82, 2.24) is 9.62 Å². The van der Waals surface area contributed by atoms with Crippen molar-refractivity contribution in [3.8, 4) is 0 Å². The second-order valence-corrected chi connectivity index (χ2v) is 9.49. The molecular formula is C19H27N3O4S. The average molecular weight is 394 g/mol. The standard InChI is InChI=1S/C19H27N3O4S/c1-14-11-15(2)13-21(12-14)10-9-20-27(25,26)17-5-3-16(4-6-17)22-18(23)7-8-19(22)24/h3-6,14-15,20H,7-13H2,1-2H3/t14-,15-/m1/s1. The monoisotopic (exact) mass is 393 g/mol. The highest BCUT2D eigenvalue weighted by Gasteiger charge is 2.30. The van der Waals surface area contributed by atoms with Crippen LogP contribution in [0.15, 0.2) is 29.2 Å². The number of hydrogen-bond acceptors (Lipinski definition) is 5. The average Bonchev–Trinajstić information content (AvgIpc) is 2.92. The van der Waals surface area contributed by atoms with Gasteiger partial charge in [0.25, 0.3) is 0 Å². The van der Waals surface area contributed by atoms with Gasteiger partial charge in [-0.15, -0.1) is 0 Å². The van der Waals surface area contributed by atoms with Crippen LogP contribution < -0.4 is 9.62 Å². The molecule has 2 fully saturated rings. The van der Waals surface area contributed by atoms with E-state index in [-0.39, 0.29) is 29.6 Å². The number of anilines is 1. The Bertz CT molecular complexity index is 781. The van der Waals surface area contributed by atoms with Gasteiger partial charge in [0.05, 0.1) is 10.6 Å². The second kappa shape index (κ2) is 8.08. The number of imide groups is 1. The summed E-state index contributed by atoms with van der Waals surface area (Å²) < 4.78 is 27.6. The Morgan fingerprint density at radius 1 is 1.00 bits per heavy atom. The number of piperidine rings is 1. The van der Waals surface area contributed by atoms with Crippen molar-refractivity contribution in [2.45, 2.75) is 38.0 Å². The molecule has 1 N–H and O–H groups in total.